The van der Waals surface area contributed by atoms with Crippen molar-refractivity contribution in [1.82, 2.24) is 5.43 Å². The SMILES string of the molecule is C=CCOc1ccc(Br)cc1/C=N\NC(=O)[C@H](C)Oc1ccc(OCCCCC)cc1. The molecule has 31 heavy (non-hydrogen) atoms. The molecule has 2 aromatic carbocycles. The third kappa shape index (κ3) is 8.84. The summed E-state index contributed by atoms with van der Waals surface area (Å²) in [7, 11) is 0. The summed E-state index contributed by atoms with van der Waals surface area (Å²) in [6.07, 6.45) is 5.82. The van der Waals surface area contributed by atoms with Crippen molar-refractivity contribution in [2.24, 2.45) is 5.10 Å². The Morgan fingerprint density at radius 1 is 1.16 bits per heavy atom. The van der Waals surface area contributed by atoms with Crippen LogP contribution in [-0.2, 0) is 4.79 Å². The Balaban J connectivity index is 1.86. The number of benzene rings is 2. The number of amides is 1. The molecule has 0 aromatic heterocycles. The first kappa shape index (κ1) is 24.5. The van der Waals surface area contributed by atoms with Gasteiger partial charge in [0, 0.05) is 10.0 Å². The Kier molecular flexibility index (Phi) is 10.6. The van der Waals surface area contributed by atoms with E-state index in [1.54, 1.807) is 25.1 Å². The van der Waals surface area contributed by atoms with Crippen molar-refractivity contribution in [3.63, 3.8) is 0 Å². The van der Waals surface area contributed by atoms with Crippen molar-refractivity contribution in [1.29, 1.82) is 0 Å². The minimum Gasteiger partial charge on any atom is -0.494 e. The summed E-state index contributed by atoms with van der Waals surface area (Å²) in [5.41, 5.74) is 3.22. The van der Waals surface area contributed by atoms with E-state index in [9.17, 15) is 4.79 Å². The first-order valence-corrected chi connectivity index (χ1v) is 11.1. The molecule has 1 atom stereocenters. The number of nitrogens with one attached hydrogen (secondary N) is 1. The summed E-state index contributed by atoms with van der Waals surface area (Å²) in [6.45, 7) is 8.54. The summed E-state index contributed by atoms with van der Waals surface area (Å²) in [4.78, 5) is 12.3. The lowest BCUT2D eigenvalue weighted by molar-refractivity contribution is -0.127. The second kappa shape index (κ2) is 13.5. The number of carbonyl (C=O) groups excluding carboxylic acids is 1. The maximum Gasteiger partial charge on any atom is 0.280 e. The predicted octanol–water partition coefficient (Wildman–Crippen LogP) is 5.50. The van der Waals surface area contributed by atoms with Crippen LogP contribution in [0.2, 0.25) is 0 Å². The number of unbranched alkanes of at least 4 members (excludes halogenated alkanes) is 2. The Hall–Kier alpha value is -2.80. The van der Waals surface area contributed by atoms with Crippen LogP contribution in [0.3, 0.4) is 0 Å². The number of carbonyl (C=O) groups is 1. The van der Waals surface area contributed by atoms with Crippen molar-refractivity contribution in [2.45, 2.75) is 39.2 Å². The molecule has 1 amide bonds. The van der Waals surface area contributed by atoms with Gasteiger partial charge in [-0.25, -0.2) is 5.43 Å². The van der Waals surface area contributed by atoms with Gasteiger partial charge in [0.25, 0.3) is 5.91 Å². The second-order valence-corrected chi connectivity index (χ2v) is 7.72. The number of hydrogen-bond acceptors (Lipinski definition) is 5. The molecule has 6 nitrogen and oxygen atoms in total. The number of hydrogen-bond donors (Lipinski definition) is 1. The molecule has 1 N–H and O–H groups in total. The van der Waals surface area contributed by atoms with Gasteiger partial charge in [0.15, 0.2) is 6.10 Å². The first-order valence-electron chi connectivity index (χ1n) is 10.3. The van der Waals surface area contributed by atoms with E-state index in [2.05, 4.69) is 40.0 Å². The van der Waals surface area contributed by atoms with E-state index in [-0.39, 0.29) is 5.91 Å². The van der Waals surface area contributed by atoms with Crippen molar-refractivity contribution >= 4 is 28.1 Å². The molecular formula is C24H29BrN2O4. The van der Waals surface area contributed by atoms with Gasteiger partial charge >= 0.3 is 0 Å². The van der Waals surface area contributed by atoms with Crippen molar-refractivity contribution in [3.8, 4) is 17.2 Å². The van der Waals surface area contributed by atoms with Crippen molar-refractivity contribution in [3.05, 3.63) is 65.2 Å². The van der Waals surface area contributed by atoms with Gasteiger partial charge in [0.05, 0.1) is 12.8 Å². The van der Waals surface area contributed by atoms with Crippen LogP contribution in [0.25, 0.3) is 0 Å². The maximum absolute atomic E-state index is 12.3. The number of hydrazone groups is 1. The molecule has 0 bridgehead atoms. The van der Waals surface area contributed by atoms with Crippen LogP contribution in [0.5, 0.6) is 17.2 Å². The fourth-order valence-electron chi connectivity index (χ4n) is 2.57. The molecule has 166 valence electrons. The molecule has 0 radical (unpaired) electrons. The van der Waals surface area contributed by atoms with Crippen molar-refractivity contribution in [2.75, 3.05) is 13.2 Å². The molecule has 2 rings (SSSR count). The molecule has 0 saturated carbocycles. The van der Waals surface area contributed by atoms with Gasteiger partial charge in [-0.1, -0.05) is 48.4 Å². The topological polar surface area (TPSA) is 69.2 Å². The molecule has 0 unspecified atom stereocenters. The van der Waals surface area contributed by atoms with E-state index in [0.29, 0.717) is 24.7 Å². The Morgan fingerprint density at radius 2 is 1.90 bits per heavy atom. The quantitative estimate of drug-likeness (QED) is 0.175. The standard InChI is InChI=1S/C24H29BrN2O4/c1-4-6-7-15-29-21-9-11-22(12-10-21)31-18(3)24(28)27-26-17-19-16-20(25)8-13-23(19)30-14-5-2/h5,8-13,16-18H,2,4,6-7,14-15H2,1,3H3,(H,27,28)/b26-17-/t18-/m0/s1. The van der Waals surface area contributed by atoms with Crippen LogP contribution in [0.1, 0.15) is 38.7 Å². The zero-order valence-corrected chi connectivity index (χ0v) is 19.6. The van der Waals surface area contributed by atoms with Crippen LogP contribution < -0.4 is 19.6 Å². The maximum atomic E-state index is 12.3. The number of ether oxygens (including phenoxy) is 3. The molecule has 0 aliphatic carbocycles. The highest BCUT2D eigenvalue weighted by Crippen LogP contribution is 2.22. The predicted molar refractivity (Wildman–Crippen MR) is 127 cm³/mol. The van der Waals surface area contributed by atoms with Crippen LogP contribution >= 0.6 is 15.9 Å². The largest absolute Gasteiger partial charge is 0.494 e. The lowest BCUT2D eigenvalue weighted by atomic mass is 10.2. The van der Waals surface area contributed by atoms with Gasteiger partial charge in [-0.15, -0.1) is 0 Å². The molecule has 0 aliphatic heterocycles. The van der Waals surface area contributed by atoms with E-state index < -0.39 is 6.10 Å². The third-order valence-corrected chi connectivity index (χ3v) is 4.72. The number of halogens is 1. The monoisotopic (exact) mass is 488 g/mol. The van der Waals surface area contributed by atoms with Crippen LogP contribution in [0.4, 0.5) is 0 Å². The summed E-state index contributed by atoms with van der Waals surface area (Å²) < 4.78 is 17.8. The van der Waals surface area contributed by atoms with Crippen molar-refractivity contribution < 1.29 is 19.0 Å². The van der Waals surface area contributed by atoms with E-state index in [0.717, 1.165) is 35.0 Å². The fraction of sp³-hybridized carbons (Fsp3) is 0.333. The second-order valence-electron chi connectivity index (χ2n) is 6.80. The molecular weight excluding hydrogens is 460 g/mol. The molecule has 0 fully saturated rings. The van der Waals surface area contributed by atoms with Gasteiger partial charge in [-0.3, -0.25) is 4.79 Å². The fourth-order valence-corrected chi connectivity index (χ4v) is 2.95. The normalized spacial score (nSPS) is 11.7. The average Bonchev–Trinajstić information content (AvgIpc) is 2.77. The van der Waals surface area contributed by atoms with Gasteiger partial charge in [0.1, 0.15) is 23.9 Å². The zero-order chi connectivity index (χ0) is 22.5. The van der Waals surface area contributed by atoms with Gasteiger partial charge in [-0.2, -0.15) is 5.10 Å². The Morgan fingerprint density at radius 3 is 2.61 bits per heavy atom. The highest BCUT2D eigenvalue weighted by molar-refractivity contribution is 9.10. The van der Waals surface area contributed by atoms with Crippen LogP contribution in [-0.4, -0.2) is 31.4 Å². The third-order valence-electron chi connectivity index (χ3n) is 4.23. The van der Waals surface area contributed by atoms with E-state index >= 15 is 0 Å². The van der Waals surface area contributed by atoms with Crippen LogP contribution in [0.15, 0.2) is 64.7 Å². The van der Waals surface area contributed by atoms with Gasteiger partial charge in [-0.05, 0) is 55.8 Å². The van der Waals surface area contributed by atoms with E-state index in [1.807, 2.05) is 30.3 Å². The molecule has 0 saturated heterocycles. The van der Waals surface area contributed by atoms with Gasteiger partial charge < -0.3 is 14.2 Å². The van der Waals surface area contributed by atoms with Gasteiger partial charge in [0.2, 0.25) is 0 Å². The lowest BCUT2D eigenvalue weighted by Crippen LogP contribution is -2.33. The summed E-state index contributed by atoms with van der Waals surface area (Å²) >= 11 is 3.42. The Labute approximate surface area is 192 Å². The average molecular weight is 489 g/mol. The minimum atomic E-state index is -0.715. The molecule has 0 spiro atoms. The molecule has 0 aliphatic rings. The van der Waals surface area contributed by atoms with E-state index in [1.165, 1.54) is 6.21 Å². The zero-order valence-electron chi connectivity index (χ0n) is 18.0. The summed E-state index contributed by atoms with van der Waals surface area (Å²) in [6, 6.07) is 12.8. The summed E-state index contributed by atoms with van der Waals surface area (Å²) in [5.74, 6) is 1.65. The number of nitrogens with zero attached hydrogens (tertiary/aromatic N) is 1. The number of rotatable bonds is 13. The smallest absolute Gasteiger partial charge is 0.280 e. The Bertz CT molecular complexity index is 868. The summed E-state index contributed by atoms with van der Waals surface area (Å²) in [5, 5.41) is 4.03. The first-order chi connectivity index (χ1) is 15.0. The lowest BCUT2D eigenvalue weighted by Gasteiger charge is -2.13. The molecule has 7 heteroatoms. The highest BCUT2D eigenvalue weighted by Gasteiger charge is 2.14. The van der Waals surface area contributed by atoms with E-state index in [4.69, 9.17) is 14.2 Å². The minimum absolute atomic E-state index is 0.361. The molecule has 2 aromatic rings. The molecule has 0 heterocycles. The van der Waals surface area contributed by atoms with Crippen LogP contribution in [0, 0.1) is 0 Å². The highest BCUT2D eigenvalue weighted by atomic mass is 79.9.